The van der Waals surface area contributed by atoms with E-state index in [2.05, 4.69) is 31.9 Å². The van der Waals surface area contributed by atoms with Crippen molar-refractivity contribution < 1.29 is 14.7 Å². The predicted molar refractivity (Wildman–Crippen MR) is 48.4 cm³/mol. The standard InChI is InChI=1S/C6H5Br2O3P/c7-4-1-2-6(5(8)3-4)12(9,10)11/h1-3H,(H2,9,10,11)/p-2. The van der Waals surface area contributed by atoms with Gasteiger partial charge in [0.25, 0.3) is 0 Å². The highest BCUT2D eigenvalue weighted by molar-refractivity contribution is 9.11. The topological polar surface area (TPSA) is 69.2 Å². The van der Waals surface area contributed by atoms with Crippen molar-refractivity contribution in [2.45, 2.75) is 0 Å². The second-order valence-electron chi connectivity index (χ2n) is 2.09. The molecule has 0 N–H and O–H groups in total. The van der Waals surface area contributed by atoms with Gasteiger partial charge >= 0.3 is 0 Å². The molecule has 0 radical (unpaired) electrons. The molecular weight excluding hydrogens is 311 g/mol. The van der Waals surface area contributed by atoms with Crippen LogP contribution in [-0.2, 0) is 0 Å². The van der Waals surface area contributed by atoms with E-state index in [-0.39, 0.29) is 9.78 Å². The summed E-state index contributed by atoms with van der Waals surface area (Å²) in [7, 11) is -4.64. The summed E-state index contributed by atoms with van der Waals surface area (Å²) in [5, 5.41) is -0.217. The highest BCUT2D eigenvalue weighted by atomic mass is 79.9. The third-order valence-electron chi connectivity index (χ3n) is 1.20. The van der Waals surface area contributed by atoms with Crippen LogP contribution >= 0.6 is 39.8 Å². The molecule has 0 aromatic heterocycles. The van der Waals surface area contributed by atoms with Gasteiger partial charge in [0, 0.05) is 4.47 Å². The molecule has 0 bridgehead atoms. The molecule has 12 heavy (non-hydrogen) atoms. The summed E-state index contributed by atoms with van der Waals surface area (Å²) in [6, 6.07) is 4.27. The lowest BCUT2D eigenvalue weighted by Crippen LogP contribution is -2.41. The second-order valence-corrected chi connectivity index (χ2v) is 5.34. The minimum Gasteiger partial charge on any atom is -0.683 e. The van der Waals surface area contributed by atoms with Gasteiger partial charge in [0.05, 0.1) is 9.78 Å². The Kier molecular flexibility index (Phi) is 3.26. The average molecular weight is 314 g/mol. The van der Waals surface area contributed by atoms with Crippen molar-refractivity contribution in [1.29, 1.82) is 0 Å². The monoisotopic (exact) mass is 312 g/mol. The van der Waals surface area contributed by atoms with Gasteiger partial charge in [-0.3, -0.25) is 0 Å². The van der Waals surface area contributed by atoms with Gasteiger partial charge in [0.1, 0.15) is 0 Å². The van der Waals surface area contributed by atoms with E-state index in [1.54, 1.807) is 0 Å². The SMILES string of the molecule is [O-][P+]([O-])([O-])c1ccc(Br)cc1Br. The molecule has 0 saturated carbocycles. The molecule has 6 heteroatoms. The average Bonchev–Trinajstić information content (AvgIpc) is 1.83. The van der Waals surface area contributed by atoms with Crippen LogP contribution in [0.25, 0.3) is 0 Å². The van der Waals surface area contributed by atoms with E-state index in [1.807, 2.05) is 0 Å². The van der Waals surface area contributed by atoms with Crippen molar-refractivity contribution in [2.24, 2.45) is 0 Å². The van der Waals surface area contributed by atoms with Crippen LogP contribution in [0.3, 0.4) is 0 Å². The van der Waals surface area contributed by atoms with Gasteiger partial charge in [-0.2, -0.15) is 0 Å². The summed E-state index contributed by atoms with van der Waals surface area (Å²) in [4.78, 5) is 31.8. The lowest BCUT2D eigenvalue weighted by Gasteiger charge is -2.42. The quantitative estimate of drug-likeness (QED) is 0.667. The maximum atomic E-state index is 10.6. The van der Waals surface area contributed by atoms with E-state index in [1.165, 1.54) is 18.2 Å². The first-order chi connectivity index (χ1) is 5.41. The highest BCUT2D eigenvalue weighted by Crippen LogP contribution is 2.31. The molecule has 1 aromatic carbocycles. The normalized spacial score (nSPS) is 11.8. The van der Waals surface area contributed by atoms with Crippen LogP contribution in [0, 0.1) is 0 Å². The number of benzene rings is 1. The van der Waals surface area contributed by atoms with Gasteiger partial charge in [-0.1, -0.05) is 15.9 Å². The first kappa shape index (κ1) is 10.6. The molecule has 0 heterocycles. The van der Waals surface area contributed by atoms with Gasteiger partial charge < -0.3 is 14.7 Å². The van der Waals surface area contributed by atoms with Crippen molar-refractivity contribution >= 4 is 45.1 Å². The lowest BCUT2D eigenvalue weighted by atomic mass is 10.4. The molecule has 66 valence electrons. The van der Waals surface area contributed by atoms with Crippen LogP contribution in [0.1, 0.15) is 0 Å². The van der Waals surface area contributed by atoms with Crippen LogP contribution in [0.4, 0.5) is 0 Å². The largest absolute Gasteiger partial charge is 0.683 e. The zero-order valence-corrected chi connectivity index (χ0v) is 9.73. The van der Waals surface area contributed by atoms with Crippen molar-refractivity contribution in [3.05, 3.63) is 27.1 Å². The van der Waals surface area contributed by atoms with E-state index in [9.17, 15) is 14.7 Å². The summed E-state index contributed by atoms with van der Waals surface area (Å²) in [5.74, 6) is 0. The maximum Gasteiger partial charge on any atom is 0.0905 e. The zero-order valence-electron chi connectivity index (χ0n) is 5.66. The fourth-order valence-corrected chi connectivity index (χ4v) is 2.99. The predicted octanol–water partition coefficient (Wildman–Crippen LogP) is -0.320. The van der Waals surface area contributed by atoms with Crippen LogP contribution < -0.4 is 20.0 Å². The molecule has 0 atom stereocenters. The van der Waals surface area contributed by atoms with E-state index < -0.39 is 7.94 Å². The first-order valence-electron chi connectivity index (χ1n) is 2.89. The van der Waals surface area contributed by atoms with E-state index in [0.29, 0.717) is 4.47 Å². The molecule has 3 nitrogen and oxygen atoms in total. The molecule has 1 aromatic rings. The molecule has 0 spiro atoms. The fraction of sp³-hybridized carbons (Fsp3) is 0. The van der Waals surface area contributed by atoms with Gasteiger partial charge in [-0.15, -0.1) is 7.94 Å². The Balaban J connectivity index is 3.19. The van der Waals surface area contributed by atoms with Crippen LogP contribution in [0.5, 0.6) is 0 Å². The van der Waals surface area contributed by atoms with Gasteiger partial charge in [-0.25, -0.2) is 0 Å². The van der Waals surface area contributed by atoms with Gasteiger partial charge in [0.15, 0.2) is 0 Å². The van der Waals surface area contributed by atoms with Crippen molar-refractivity contribution in [3.8, 4) is 0 Å². The third kappa shape index (κ3) is 2.49. The summed E-state index contributed by atoms with van der Waals surface area (Å²) >= 11 is 6.12. The van der Waals surface area contributed by atoms with Gasteiger partial charge in [0.2, 0.25) is 0 Å². The molecule has 0 aliphatic carbocycles. The maximum absolute atomic E-state index is 10.6. The smallest absolute Gasteiger partial charge is 0.0905 e. The number of halogens is 2. The zero-order chi connectivity index (χ0) is 9.35. The Morgan fingerprint density at radius 3 is 2.08 bits per heavy atom. The summed E-state index contributed by atoms with van der Waals surface area (Å²) in [6.07, 6.45) is 0. The molecule has 0 aliphatic rings. The third-order valence-corrected chi connectivity index (χ3v) is 3.64. The number of rotatable bonds is 1. The molecular formula is C6H3Br2O3P-2. The minimum atomic E-state index is -4.64. The van der Waals surface area contributed by atoms with Crippen molar-refractivity contribution in [2.75, 3.05) is 0 Å². The fourth-order valence-electron chi connectivity index (χ4n) is 0.703. The first-order valence-corrected chi connectivity index (χ1v) is 6.02. The van der Waals surface area contributed by atoms with Crippen LogP contribution in [0.15, 0.2) is 27.1 Å². The molecule has 0 fully saturated rings. The van der Waals surface area contributed by atoms with E-state index in [4.69, 9.17) is 0 Å². The highest BCUT2D eigenvalue weighted by Gasteiger charge is 2.08. The Morgan fingerprint density at radius 1 is 1.08 bits per heavy atom. The van der Waals surface area contributed by atoms with Gasteiger partial charge in [-0.05, 0) is 34.1 Å². The molecule has 0 aliphatic heterocycles. The second kappa shape index (κ2) is 3.70. The van der Waals surface area contributed by atoms with E-state index in [0.717, 1.165) is 0 Å². The summed E-state index contributed by atoms with van der Waals surface area (Å²) in [6.45, 7) is 0. The minimum absolute atomic E-state index is 0.217. The number of hydrogen-bond acceptors (Lipinski definition) is 3. The van der Waals surface area contributed by atoms with E-state index >= 15 is 0 Å². The summed E-state index contributed by atoms with van der Waals surface area (Å²) < 4.78 is 0.997. The molecule has 0 unspecified atom stereocenters. The Morgan fingerprint density at radius 2 is 1.67 bits per heavy atom. The van der Waals surface area contributed by atoms with Crippen molar-refractivity contribution in [1.82, 2.24) is 0 Å². The number of hydrogen-bond donors (Lipinski definition) is 0. The Bertz CT molecular complexity index is 297. The van der Waals surface area contributed by atoms with Crippen molar-refractivity contribution in [3.63, 3.8) is 0 Å². The Labute approximate surface area is 86.9 Å². The Hall–Kier alpha value is 0.490. The molecule has 0 amide bonds. The lowest BCUT2D eigenvalue weighted by molar-refractivity contribution is -0.421. The van der Waals surface area contributed by atoms with Crippen LogP contribution in [0.2, 0.25) is 0 Å². The molecule has 0 saturated heterocycles. The summed E-state index contributed by atoms with van der Waals surface area (Å²) in [5.41, 5.74) is 0. The molecule has 1 rings (SSSR count). The van der Waals surface area contributed by atoms with Crippen LogP contribution in [-0.4, -0.2) is 0 Å².